The van der Waals surface area contributed by atoms with Gasteiger partial charge in [-0.05, 0) is 47.7 Å². The van der Waals surface area contributed by atoms with Gasteiger partial charge in [0.15, 0.2) is 11.6 Å². The van der Waals surface area contributed by atoms with Gasteiger partial charge in [0.05, 0.1) is 12.7 Å². The molecule has 0 aliphatic carbocycles. The molecular formula is C26H22BF3O2. The van der Waals surface area contributed by atoms with Crippen LogP contribution in [0.25, 0.3) is 22.3 Å². The van der Waals surface area contributed by atoms with E-state index in [-0.39, 0.29) is 35.7 Å². The van der Waals surface area contributed by atoms with Gasteiger partial charge in [0.2, 0.25) is 5.82 Å². The first-order chi connectivity index (χ1) is 15.5. The molecule has 1 saturated heterocycles. The van der Waals surface area contributed by atoms with Gasteiger partial charge in [0.1, 0.15) is 13.7 Å². The predicted molar refractivity (Wildman–Crippen MR) is 120 cm³/mol. The van der Waals surface area contributed by atoms with Gasteiger partial charge in [-0.1, -0.05) is 42.5 Å². The van der Waals surface area contributed by atoms with Crippen molar-refractivity contribution in [1.82, 2.24) is 0 Å². The van der Waals surface area contributed by atoms with Crippen molar-refractivity contribution in [2.75, 3.05) is 13.1 Å². The zero-order valence-electron chi connectivity index (χ0n) is 17.5. The average molecular weight is 434 g/mol. The molecule has 0 N–H and O–H groups in total. The highest BCUT2D eigenvalue weighted by atomic mass is 19.2. The Hall–Kier alpha value is -2.99. The van der Waals surface area contributed by atoms with Crippen LogP contribution >= 0.6 is 0 Å². The van der Waals surface area contributed by atoms with Crippen molar-refractivity contribution in [3.05, 3.63) is 90.3 Å². The zero-order valence-corrected chi connectivity index (χ0v) is 17.5. The Bertz CT molecular complexity index is 1110. The molecule has 1 aliphatic rings. The van der Waals surface area contributed by atoms with E-state index in [2.05, 4.69) is 6.58 Å². The zero-order chi connectivity index (χ0) is 22.7. The molecule has 0 amide bonds. The first-order valence-electron chi connectivity index (χ1n) is 10.5. The largest absolute Gasteiger partial charge is 0.500 e. The Morgan fingerprint density at radius 1 is 0.938 bits per heavy atom. The maximum Gasteiger partial charge on any atom is 0.201 e. The van der Waals surface area contributed by atoms with Crippen molar-refractivity contribution < 1.29 is 22.6 Å². The van der Waals surface area contributed by atoms with Crippen LogP contribution in [-0.4, -0.2) is 27.1 Å². The Morgan fingerprint density at radius 2 is 1.62 bits per heavy atom. The lowest BCUT2D eigenvalue weighted by atomic mass is 9.90. The van der Waals surface area contributed by atoms with E-state index in [9.17, 15) is 13.2 Å². The van der Waals surface area contributed by atoms with Crippen LogP contribution in [0.15, 0.2) is 67.3 Å². The molecule has 1 heterocycles. The Morgan fingerprint density at radius 3 is 2.22 bits per heavy atom. The standard InChI is InChI=1S/C26H22BF3O2/c1-2-20-9-7-19(14-31-20)18-8-10-21(23(28)13-18)16-3-5-17(6-4-16)22-11-12-24(32-15-27)26(30)25(22)29/h2-6,8,10-13,19-20H,1,7,9,14-15H2. The molecule has 2 atom stereocenters. The number of hydrogen-bond acceptors (Lipinski definition) is 2. The molecule has 0 spiro atoms. The summed E-state index contributed by atoms with van der Waals surface area (Å²) in [5.74, 6) is -2.53. The summed E-state index contributed by atoms with van der Waals surface area (Å²) in [5, 5.41) is 0. The van der Waals surface area contributed by atoms with Crippen LogP contribution in [0.4, 0.5) is 13.2 Å². The van der Waals surface area contributed by atoms with E-state index in [0.717, 1.165) is 18.4 Å². The van der Waals surface area contributed by atoms with Gasteiger partial charge < -0.3 is 9.47 Å². The second-order valence-corrected chi connectivity index (χ2v) is 7.75. The van der Waals surface area contributed by atoms with Gasteiger partial charge in [-0.25, -0.2) is 8.78 Å². The van der Waals surface area contributed by atoms with E-state index in [4.69, 9.17) is 17.3 Å². The van der Waals surface area contributed by atoms with Crippen LogP contribution < -0.4 is 4.74 Å². The molecule has 1 fully saturated rings. The fourth-order valence-electron chi connectivity index (χ4n) is 4.03. The number of halogens is 3. The van der Waals surface area contributed by atoms with Gasteiger partial charge in [0.25, 0.3) is 0 Å². The summed E-state index contributed by atoms with van der Waals surface area (Å²) in [6.07, 6.45) is 3.65. The van der Waals surface area contributed by atoms with Crippen molar-refractivity contribution in [3.63, 3.8) is 0 Å². The van der Waals surface area contributed by atoms with Crippen LogP contribution in [0.3, 0.4) is 0 Å². The van der Waals surface area contributed by atoms with E-state index < -0.39 is 11.6 Å². The number of rotatable bonds is 6. The monoisotopic (exact) mass is 434 g/mol. The maximum atomic E-state index is 14.9. The minimum Gasteiger partial charge on any atom is -0.500 e. The van der Waals surface area contributed by atoms with Gasteiger partial charge >= 0.3 is 0 Å². The molecule has 1 aliphatic heterocycles. The Labute approximate surface area is 187 Å². The normalized spacial score (nSPS) is 18.3. The smallest absolute Gasteiger partial charge is 0.201 e. The van der Waals surface area contributed by atoms with E-state index in [1.807, 2.05) is 6.07 Å². The quantitative estimate of drug-likeness (QED) is 0.331. The fourth-order valence-corrected chi connectivity index (χ4v) is 4.03. The van der Waals surface area contributed by atoms with Crippen LogP contribution in [-0.2, 0) is 4.74 Å². The summed E-state index contributed by atoms with van der Waals surface area (Å²) < 4.78 is 54.1. The third kappa shape index (κ3) is 4.46. The van der Waals surface area contributed by atoms with Crippen LogP contribution in [0, 0.1) is 17.5 Å². The maximum absolute atomic E-state index is 14.9. The topological polar surface area (TPSA) is 18.5 Å². The van der Waals surface area contributed by atoms with E-state index in [1.54, 1.807) is 42.5 Å². The lowest BCUT2D eigenvalue weighted by molar-refractivity contribution is 0.0328. The second kappa shape index (κ2) is 9.66. The van der Waals surface area contributed by atoms with Crippen LogP contribution in [0.1, 0.15) is 24.3 Å². The van der Waals surface area contributed by atoms with Crippen LogP contribution in [0.2, 0.25) is 0 Å². The summed E-state index contributed by atoms with van der Waals surface area (Å²) in [6, 6.07) is 14.6. The minimum absolute atomic E-state index is 0.0663. The molecule has 0 saturated carbocycles. The molecule has 2 nitrogen and oxygen atoms in total. The molecule has 2 unspecified atom stereocenters. The molecule has 162 valence electrons. The van der Waals surface area contributed by atoms with E-state index in [0.29, 0.717) is 23.3 Å². The predicted octanol–water partition coefficient (Wildman–Crippen LogP) is 6.39. The molecule has 32 heavy (non-hydrogen) atoms. The molecule has 0 bridgehead atoms. The van der Waals surface area contributed by atoms with Crippen molar-refractivity contribution in [2.24, 2.45) is 0 Å². The summed E-state index contributed by atoms with van der Waals surface area (Å²) in [7, 11) is 5.22. The van der Waals surface area contributed by atoms with Gasteiger partial charge in [-0.3, -0.25) is 0 Å². The summed E-state index contributed by atoms with van der Waals surface area (Å²) in [4.78, 5) is 0. The molecule has 2 radical (unpaired) electrons. The Kier molecular flexibility index (Phi) is 6.70. The number of hydrogen-bond donors (Lipinski definition) is 0. The van der Waals surface area contributed by atoms with Gasteiger partial charge in [0, 0.05) is 23.6 Å². The average Bonchev–Trinajstić information content (AvgIpc) is 2.82. The summed E-state index contributed by atoms with van der Waals surface area (Å²) in [5.41, 5.74) is 2.55. The van der Waals surface area contributed by atoms with Gasteiger partial charge in [-0.2, -0.15) is 4.39 Å². The first-order valence-corrected chi connectivity index (χ1v) is 10.5. The first kappa shape index (κ1) is 22.2. The van der Waals surface area contributed by atoms with Gasteiger partial charge in [-0.15, -0.1) is 6.58 Å². The summed E-state index contributed by atoms with van der Waals surface area (Å²) >= 11 is 0. The molecule has 0 aromatic heterocycles. The molecular weight excluding hydrogens is 412 g/mol. The molecule has 3 aromatic rings. The minimum atomic E-state index is -1.09. The van der Waals surface area contributed by atoms with Crippen molar-refractivity contribution in [1.29, 1.82) is 0 Å². The van der Waals surface area contributed by atoms with Crippen molar-refractivity contribution in [3.8, 4) is 28.0 Å². The second-order valence-electron chi connectivity index (χ2n) is 7.75. The lowest BCUT2D eigenvalue weighted by Gasteiger charge is -2.27. The third-order valence-corrected chi connectivity index (χ3v) is 5.83. The van der Waals surface area contributed by atoms with Crippen molar-refractivity contribution >= 4 is 7.85 Å². The molecule has 3 aromatic carbocycles. The Balaban J connectivity index is 1.55. The van der Waals surface area contributed by atoms with E-state index >= 15 is 0 Å². The summed E-state index contributed by atoms with van der Waals surface area (Å²) in [6.45, 7) is 4.04. The third-order valence-electron chi connectivity index (χ3n) is 5.83. The number of ether oxygens (including phenoxy) is 2. The van der Waals surface area contributed by atoms with Crippen LogP contribution in [0.5, 0.6) is 5.75 Å². The SMILES string of the molecule is [B]COc1ccc(-c2ccc(-c3ccc(C4CCC(C=C)OC4)cc3F)cc2)c(F)c1F. The lowest BCUT2D eigenvalue weighted by Crippen LogP contribution is -2.23. The van der Waals surface area contributed by atoms with Crippen molar-refractivity contribution in [2.45, 2.75) is 24.9 Å². The fraction of sp³-hybridized carbons (Fsp3) is 0.231. The molecule has 4 rings (SSSR count). The number of benzene rings is 3. The highest BCUT2D eigenvalue weighted by Crippen LogP contribution is 2.34. The van der Waals surface area contributed by atoms with E-state index in [1.165, 1.54) is 12.1 Å². The highest BCUT2D eigenvalue weighted by Gasteiger charge is 2.22. The molecule has 6 heteroatoms. The highest BCUT2D eigenvalue weighted by molar-refractivity contribution is 6.08.